The molecule has 4 nitrogen and oxygen atoms in total. The second kappa shape index (κ2) is 5.33. The van der Waals surface area contributed by atoms with E-state index in [9.17, 15) is 17.2 Å². The third-order valence-electron chi connectivity index (χ3n) is 2.92. The minimum absolute atomic E-state index is 0.000334. The van der Waals surface area contributed by atoms with Crippen LogP contribution in [0.2, 0.25) is 0 Å². The Kier molecular flexibility index (Phi) is 3.87. The number of sulfonamides is 1. The molecule has 21 heavy (non-hydrogen) atoms. The summed E-state index contributed by atoms with van der Waals surface area (Å²) in [6.45, 7) is 3.17. The number of nitrogens with one attached hydrogen (secondary N) is 1. The van der Waals surface area contributed by atoms with Gasteiger partial charge in [-0.25, -0.2) is 17.2 Å². The topological polar surface area (TPSA) is 72.2 Å². The molecule has 0 fully saturated rings. The molecule has 0 heterocycles. The predicted octanol–water partition coefficient (Wildman–Crippen LogP) is 2.96. The number of hydrogen-bond donors (Lipinski definition) is 2. The van der Waals surface area contributed by atoms with E-state index >= 15 is 0 Å². The van der Waals surface area contributed by atoms with Crippen molar-refractivity contribution >= 4 is 21.4 Å². The SMILES string of the molecule is Cc1cc(N)cc(C)c1S(=O)(=O)Nc1cc(F)ccc1F. The van der Waals surface area contributed by atoms with E-state index in [2.05, 4.69) is 4.72 Å². The van der Waals surface area contributed by atoms with Crippen LogP contribution < -0.4 is 10.5 Å². The van der Waals surface area contributed by atoms with Crippen molar-refractivity contribution < 1.29 is 17.2 Å². The van der Waals surface area contributed by atoms with Crippen LogP contribution in [0, 0.1) is 25.5 Å². The molecular weight excluding hydrogens is 298 g/mol. The Hall–Kier alpha value is -2.15. The van der Waals surface area contributed by atoms with Gasteiger partial charge in [-0.2, -0.15) is 0 Å². The van der Waals surface area contributed by atoms with Crippen molar-refractivity contribution in [3.8, 4) is 0 Å². The third kappa shape index (κ3) is 3.13. The highest BCUT2D eigenvalue weighted by atomic mass is 32.2. The highest BCUT2D eigenvalue weighted by Gasteiger charge is 2.21. The van der Waals surface area contributed by atoms with Gasteiger partial charge in [-0.3, -0.25) is 4.72 Å². The molecule has 112 valence electrons. The molecule has 2 aromatic carbocycles. The number of nitrogens with two attached hydrogens (primary N) is 1. The van der Waals surface area contributed by atoms with Crippen LogP contribution in [0.15, 0.2) is 35.2 Å². The molecule has 0 spiro atoms. The standard InChI is InChI=1S/C14H14F2N2O2S/c1-8-5-11(17)6-9(2)14(8)21(19,20)18-13-7-10(15)3-4-12(13)16/h3-7,18H,17H2,1-2H3. The molecule has 0 amide bonds. The predicted molar refractivity (Wildman–Crippen MR) is 77.5 cm³/mol. The zero-order chi connectivity index (χ0) is 15.8. The fourth-order valence-corrected chi connectivity index (χ4v) is 3.69. The molecule has 0 aliphatic carbocycles. The summed E-state index contributed by atoms with van der Waals surface area (Å²) in [5.41, 5.74) is 6.49. The van der Waals surface area contributed by atoms with Gasteiger partial charge in [-0.1, -0.05) is 0 Å². The van der Waals surface area contributed by atoms with Crippen LogP contribution in [0.25, 0.3) is 0 Å². The van der Waals surface area contributed by atoms with E-state index in [-0.39, 0.29) is 4.90 Å². The summed E-state index contributed by atoms with van der Waals surface area (Å²) in [6, 6.07) is 5.56. The molecule has 0 aliphatic rings. The Morgan fingerprint density at radius 1 is 1.05 bits per heavy atom. The lowest BCUT2D eigenvalue weighted by Gasteiger charge is -2.14. The molecule has 0 saturated heterocycles. The van der Waals surface area contributed by atoms with Crippen molar-refractivity contribution in [1.82, 2.24) is 0 Å². The summed E-state index contributed by atoms with van der Waals surface area (Å²) in [4.78, 5) is 0.000334. The van der Waals surface area contributed by atoms with Crippen LogP contribution in [-0.2, 0) is 10.0 Å². The molecule has 2 aromatic rings. The van der Waals surface area contributed by atoms with E-state index in [1.54, 1.807) is 13.8 Å². The average molecular weight is 312 g/mol. The van der Waals surface area contributed by atoms with E-state index in [4.69, 9.17) is 5.73 Å². The molecule has 0 unspecified atom stereocenters. The van der Waals surface area contributed by atoms with Crippen LogP contribution in [0.1, 0.15) is 11.1 Å². The average Bonchev–Trinajstić information content (AvgIpc) is 2.31. The van der Waals surface area contributed by atoms with E-state index in [0.29, 0.717) is 16.8 Å². The normalized spacial score (nSPS) is 11.4. The summed E-state index contributed by atoms with van der Waals surface area (Å²) >= 11 is 0. The Bertz CT molecular complexity index is 782. The van der Waals surface area contributed by atoms with Crippen LogP contribution in [0.4, 0.5) is 20.2 Å². The third-order valence-corrected chi connectivity index (χ3v) is 4.59. The molecule has 0 bridgehead atoms. The monoisotopic (exact) mass is 312 g/mol. The van der Waals surface area contributed by atoms with Crippen molar-refractivity contribution in [3.05, 3.63) is 53.1 Å². The van der Waals surface area contributed by atoms with E-state index in [0.717, 1.165) is 18.2 Å². The molecule has 0 aromatic heterocycles. The molecule has 0 atom stereocenters. The second-order valence-electron chi connectivity index (χ2n) is 4.71. The Labute approximate surface area is 121 Å². The molecule has 7 heteroatoms. The largest absolute Gasteiger partial charge is 0.399 e. The zero-order valence-corrected chi connectivity index (χ0v) is 12.3. The van der Waals surface area contributed by atoms with Gasteiger partial charge in [0.05, 0.1) is 10.6 Å². The zero-order valence-electron chi connectivity index (χ0n) is 11.4. The molecule has 3 N–H and O–H groups in total. The Morgan fingerprint density at radius 2 is 1.62 bits per heavy atom. The van der Waals surface area contributed by atoms with Gasteiger partial charge in [0.25, 0.3) is 10.0 Å². The maximum Gasteiger partial charge on any atom is 0.262 e. The van der Waals surface area contributed by atoms with Crippen molar-refractivity contribution in [2.75, 3.05) is 10.5 Å². The number of benzene rings is 2. The highest BCUT2D eigenvalue weighted by molar-refractivity contribution is 7.92. The number of halogens is 2. The minimum atomic E-state index is -4.04. The van der Waals surface area contributed by atoms with Gasteiger partial charge in [-0.05, 0) is 49.2 Å². The van der Waals surface area contributed by atoms with E-state index < -0.39 is 27.3 Å². The van der Waals surface area contributed by atoms with Crippen LogP contribution in [0.3, 0.4) is 0 Å². The van der Waals surface area contributed by atoms with Gasteiger partial charge >= 0.3 is 0 Å². The van der Waals surface area contributed by atoms with Gasteiger partial charge in [0.2, 0.25) is 0 Å². The maximum atomic E-state index is 13.6. The first-order chi connectivity index (χ1) is 9.70. The lowest BCUT2D eigenvalue weighted by Crippen LogP contribution is -2.17. The van der Waals surface area contributed by atoms with Gasteiger partial charge in [-0.15, -0.1) is 0 Å². The van der Waals surface area contributed by atoms with Gasteiger partial charge < -0.3 is 5.73 Å². The molecule has 0 aliphatic heterocycles. The first-order valence-corrected chi connectivity index (χ1v) is 7.53. The summed E-state index contributed by atoms with van der Waals surface area (Å²) < 4.78 is 53.5. The molecule has 0 radical (unpaired) electrons. The van der Waals surface area contributed by atoms with Gasteiger partial charge in [0.1, 0.15) is 11.6 Å². The number of hydrogen-bond acceptors (Lipinski definition) is 3. The van der Waals surface area contributed by atoms with E-state index in [1.807, 2.05) is 0 Å². The maximum absolute atomic E-state index is 13.6. The Morgan fingerprint density at radius 3 is 2.19 bits per heavy atom. The van der Waals surface area contributed by atoms with Crippen LogP contribution >= 0.6 is 0 Å². The van der Waals surface area contributed by atoms with Crippen LogP contribution in [-0.4, -0.2) is 8.42 Å². The molecule has 2 rings (SSSR count). The number of nitrogen functional groups attached to an aromatic ring is 1. The van der Waals surface area contributed by atoms with E-state index in [1.165, 1.54) is 12.1 Å². The lowest BCUT2D eigenvalue weighted by atomic mass is 10.1. The number of rotatable bonds is 3. The smallest absolute Gasteiger partial charge is 0.262 e. The Balaban J connectivity index is 2.51. The minimum Gasteiger partial charge on any atom is -0.399 e. The highest BCUT2D eigenvalue weighted by Crippen LogP contribution is 2.26. The summed E-state index contributed by atoms with van der Waals surface area (Å²) in [6.07, 6.45) is 0. The van der Waals surface area contributed by atoms with Crippen molar-refractivity contribution in [3.63, 3.8) is 0 Å². The first-order valence-electron chi connectivity index (χ1n) is 6.05. The lowest BCUT2D eigenvalue weighted by molar-refractivity contribution is 0.593. The summed E-state index contributed by atoms with van der Waals surface area (Å²) in [5.74, 6) is -1.59. The van der Waals surface area contributed by atoms with Crippen molar-refractivity contribution in [2.45, 2.75) is 18.7 Å². The quantitative estimate of drug-likeness (QED) is 0.856. The van der Waals surface area contributed by atoms with Gasteiger partial charge in [0, 0.05) is 11.8 Å². The first kappa shape index (κ1) is 15.2. The number of anilines is 2. The number of aryl methyl sites for hydroxylation is 2. The molecular formula is C14H14F2N2O2S. The second-order valence-corrected chi connectivity index (χ2v) is 6.33. The van der Waals surface area contributed by atoms with Gasteiger partial charge in [0.15, 0.2) is 0 Å². The summed E-state index contributed by atoms with van der Waals surface area (Å²) in [7, 11) is -4.04. The summed E-state index contributed by atoms with van der Waals surface area (Å²) in [5, 5.41) is 0. The fourth-order valence-electron chi connectivity index (χ4n) is 2.18. The van der Waals surface area contributed by atoms with Crippen molar-refractivity contribution in [1.29, 1.82) is 0 Å². The molecule has 0 saturated carbocycles. The van der Waals surface area contributed by atoms with Crippen LogP contribution in [0.5, 0.6) is 0 Å². The fraction of sp³-hybridized carbons (Fsp3) is 0.143. The van der Waals surface area contributed by atoms with Crippen molar-refractivity contribution in [2.24, 2.45) is 0 Å².